The molecule has 1 aliphatic rings. The lowest BCUT2D eigenvalue weighted by atomic mass is 9.99. The van der Waals surface area contributed by atoms with Crippen molar-refractivity contribution in [3.63, 3.8) is 0 Å². The number of hydrogen-bond acceptors (Lipinski definition) is 4. The molecule has 3 aromatic carbocycles. The molecule has 8 heteroatoms. The highest BCUT2D eigenvalue weighted by atomic mass is 32.2. The van der Waals surface area contributed by atoms with Crippen LogP contribution in [0.2, 0.25) is 0 Å². The topological polar surface area (TPSA) is 67.2 Å². The molecule has 1 unspecified atom stereocenters. The van der Waals surface area contributed by atoms with Gasteiger partial charge in [-0.25, -0.2) is 9.07 Å². The first-order valence-corrected chi connectivity index (χ1v) is 13.2. The molecule has 0 saturated carbocycles. The van der Waals surface area contributed by atoms with E-state index in [1.54, 1.807) is 22.9 Å². The summed E-state index contributed by atoms with van der Waals surface area (Å²) in [5, 5.41) is 7.36. The summed E-state index contributed by atoms with van der Waals surface area (Å²) in [6.07, 6.45) is 0. The Morgan fingerprint density at radius 2 is 1.68 bits per heavy atom. The summed E-state index contributed by atoms with van der Waals surface area (Å²) in [5.74, 6) is -0.291. The summed E-state index contributed by atoms with van der Waals surface area (Å²) in [5.41, 5.74) is 3.40. The van der Waals surface area contributed by atoms with E-state index in [0.29, 0.717) is 22.6 Å². The maximum Gasteiger partial charge on any atom is 0.240 e. The quantitative estimate of drug-likeness (QED) is 0.376. The summed E-state index contributed by atoms with van der Waals surface area (Å²) >= 11 is 1.35. The second-order valence-corrected chi connectivity index (χ2v) is 10.2. The van der Waals surface area contributed by atoms with E-state index >= 15 is 4.39 Å². The number of fused-ring (bicyclic) bond motifs is 1. The maximum absolute atomic E-state index is 15.2. The van der Waals surface area contributed by atoms with Gasteiger partial charge in [0.1, 0.15) is 18.2 Å². The van der Waals surface area contributed by atoms with Crippen LogP contribution in [0.1, 0.15) is 30.2 Å². The molecule has 0 aliphatic carbocycles. The number of para-hydroxylation sites is 1. The van der Waals surface area contributed by atoms with Crippen LogP contribution in [0.15, 0.2) is 84.9 Å². The van der Waals surface area contributed by atoms with Crippen LogP contribution in [-0.4, -0.2) is 39.9 Å². The molecule has 2 heterocycles. The van der Waals surface area contributed by atoms with Gasteiger partial charge in [0, 0.05) is 22.7 Å². The third-order valence-corrected chi connectivity index (χ3v) is 7.31. The molecule has 0 radical (unpaired) electrons. The van der Waals surface area contributed by atoms with Crippen LogP contribution < -0.4 is 10.2 Å². The van der Waals surface area contributed by atoms with Crippen LogP contribution in [-0.2, 0) is 9.59 Å². The Morgan fingerprint density at radius 3 is 2.35 bits per heavy atom. The van der Waals surface area contributed by atoms with Crippen molar-refractivity contribution in [2.75, 3.05) is 17.2 Å². The van der Waals surface area contributed by atoms with Gasteiger partial charge in [-0.15, -0.1) is 11.8 Å². The van der Waals surface area contributed by atoms with Gasteiger partial charge in [0.2, 0.25) is 11.8 Å². The van der Waals surface area contributed by atoms with Crippen LogP contribution in [0.4, 0.5) is 10.2 Å². The van der Waals surface area contributed by atoms with E-state index in [9.17, 15) is 9.59 Å². The van der Waals surface area contributed by atoms with E-state index in [1.165, 1.54) is 22.7 Å². The van der Waals surface area contributed by atoms with Crippen molar-refractivity contribution in [1.82, 2.24) is 15.1 Å². The predicted octanol–water partition coefficient (Wildman–Crippen LogP) is 5.37. The number of carbonyl (C=O) groups excluding carboxylic acids is 2. The number of anilines is 1. The highest BCUT2D eigenvalue weighted by Gasteiger charge is 2.38. The number of nitrogens with one attached hydrogen (secondary N) is 1. The van der Waals surface area contributed by atoms with Crippen LogP contribution in [0.3, 0.4) is 0 Å². The molecule has 1 aliphatic heterocycles. The van der Waals surface area contributed by atoms with Crippen molar-refractivity contribution in [3.05, 3.63) is 102 Å². The first-order chi connectivity index (χ1) is 17.9. The van der Waals surface area contributed by atoms with Gasteiger partial charge >= 0.3 is 0 Å². The van der Waals surface area contributed by atoms with E-state index in [1.807, 2.05) is 74.5 Å². The van der Waals surface area contributed by atoms with Crippen LogP contribution in [0.5, 0.6) is 0 Å². The predicted molar refractivity (Wildman–Crippen MR) is 145 cm³/mol. The first-order valence-electron chi connectivity index (χ1n) is 12.1. The van der Waals surface area contributed by atoms with Crippen molar-refractivity contribution in [1.29, 1.82) is 0 Å². The summed E-state index contributed by atoms with van der Waals surface area (Å²) in [7, 11) is 0. The molecule has 0 saturated heterocycles. The average molecular weight is 515 g/mol. The molecular weight excluding hydrogens is 487 g/mol. The minimum Gasteiger partial charge on any atom is -0.352 e. The fourth-order valence-corrected chi connectivity index (χ4v) is 5.74. The second-order valence-electron chi connectivity index (χ2n) is 9.11. The standard InChI is InChI=1S/C29H27FN4O2S/c1-19(2)31-24(35)17-33-25(36)18-37-28(22-15-9-10-16-23(22)30)26-27(20-11-5-3-6-12-20)32-34(29(26)33)21-13-7-4-8-14-21/h3-16,19,28H,17-18H2,1-2H3,(H,31,35). The molecule has 6 nitrogen and oxygen atoms in total. The molecule has 188 valence electrons. The Kier molecular flexibility index (Phi) is 7.10. The zero-order valence-electron chi connectivity index (χ0n) is 20.6. The van der Waals surface area contributed by atoms with Gasteiger partial charge in [0.05, 0.1) is 22.4 Å². The van der Waals surface area contributed by atoms with E-state index in [-0.39, 0.29) is 36.0 Å². The largest absolute Gasteiger partial charge is 0.352 e. The SMILES string of the molecule is CC(C)NC(=O)CN1C(=O)CSC(c2ccccc2F)c2c(-c3ccccc3)nn(-c3ccccc3)c21. The molecular formula is C29H27FN4O2S. The monoisotopic (exact) mass is 514 g/mol. The summed E-state index contributed by atoms with van der Waals surface area (Å²) in [4.78, 5) is 28.0. The zero-order chi connectivity index (χ0) is 25.9. The van der Waals surface area contributed by atoms with Gasteiger partial charge in [0.15, 0.2) is 0 Å². The summed E-state index contributed by atoms with van der Waals surface area (Å²) in [6.45, 7) is 3.58. The molecule has 1 aromatic heterocycles. The molecule has 4 aromatic rings. The number of benzene rings is 3. The first kappa shape index (κ1) is 24.8. The molecule has 2 amide bonds. The van der Waals surface area contributed by atoms with Crippen molar-refractivity contribution < 1.29 is 14.0 Å². The molecule has 1 N–H and O–H groups in total. The lowest BCUT2D eigenvalue weighted by Crippen LogP contribution is -2.44. The molecule has 0 spiro atoms. The molecule has 0 bridgehead atoms. The van der Waals surface area contributed by atoms with Gasteiger partial charge in [-0.05, 0) is 32.0 Å². The molecule has 37 heavy (non-hydrogen) atoms. The Hall–Kier alpha value is -3.91. The molecule has 5 rings (SSSR count). The summed E-state index contributed by atoms with van der Waals surface area (Å²) < 4.78 is 16.9. The van der Waals surface area contributed by atoms with E-state index in [0.717, 1.165) is 11.3 Å². The van der Waals surface area contributed by atoms with Gasteiger partial charge < -0.3 is 5.32 Å². The number of aromatic nitrogens is 2. The average Bonchev–Trinajstić information content (AvgIpc) is 3.23. The molecule has 0 fully saturated rings. The third-order valence-electron chi connectivity index (χ3n) is 6.08. The Labute approximate surface area is 219 Å². The normalized spacial score (nSPS) is 15.4. The number of hydrogen-bond donors (Lipinski definition) is 1. The van der Waals surface area contributed by atoms with Crippen molar-refractivity contribution in [2.45, 2.75) is 25.1 Å². The highest BCUT2D eigenvalue weighted by molar-refractivity contribution is 8.00. The third kappa shape index (κ3) is 5.02. The lowest BCUT2D eigenvalue weighted by molar-refractivity contribution is -0.123. The Balaban J connectivity index is 1.80. The summed E-state index contributed by atoms with van der Waals surface area (Å²) in [6, 6.07) is 25.7. The van der Waals surface area contributed by atoms with Crippen LogP contribution in [0.25, 0.3) is 16.9 Å². The number of halogens is 1. The van der Waals surface area contributed by atoms with E-state index in [2.05, 4.69) is 5.32 Å². The highest BCUT2D eigenvalue weighted by Crippen LogP contribution is 2.48. The van der Waals surface area contributed by atoms with Gasteiger partial charge in [-0.3, -0.25) is 14.5 Å². The minimum absolute atomic E-state index is 0.0755. The smallest absolute Gasteiger partial charge is 0.240 e. The van der Waals surface area contributed by atoms with E-state index in [4.69, 9.17) is 5.10 Å². The number of amides is 2. The fraction of sp³-hybridized carbons (Fsp3) is 0.207. The van der Waals surface area contributed by atoms with E-state index < -0.39 is 5.25 Å². The number of nitrogens with zero attached hydrogens (tertiary/aromatic N) is 3. The van der Waals surface area contributed by atoms with Crippen molar-refractivity contribution >= 4 is 29.4 Å². The minimum atomic E-state index is -0.508. The van der Waals surface area contributed by atoms with Gasteiger partial charge in [-0.2, -0.15) is 5.10 Å². The van der Waals surface area contributed by atoms with Gasteiger partial charge in [-0.1, -0.05) is 66.7 Å². The fourth-order valence-electron chi connectivity index (χ4n) is 4.52. The van der Waals surface area contributed by atoms with Crippen molar-refractivity contribution in [2.24, 2.45) is 0 Å². The Morgan fingerprint density at radius 1 is 1.03 bits per heavy atom. The Bertz CT molecular complexity index is 1420. The zero-order valence-corrected chi connectivity index (χ0v) is 21.4. The number of carbonyl (C=O) groups is 2. The van der Waals surface area contributed by atoms with Crippen LogP contribution in [0, 0.1) is 5.82 Å². The van der Waals surface area contributed by atoms with Crippen LogP contribution >= 0.6 is 11.8 Å². The van der Waals surface area contributed by atoms with Crippen molar-refractivity contribution in [3.8, 4) is 16.9 Å². The molecule has 1 atom stereocenters. The lowest BCUT2D eigenvalue weighted by Gasteiger charge is -2.23. The second kappa shape index (κ2) is 10.6. The maximum atomic E-state index is 15.2. The van der Waals surface area contributed by atoms with Gasteiger partial charge in [0.25, 0.3) is 0 Å². The number of rotatable bonds is 6. The number of thioether (sulfide) groups is 1.